The Balaban J connectivity index is 2.15. The quantitative estimate of drug-likeness (QED) is 0.632. The van der Waals surface area contributed by atoms with Gasteiger partial charge in [-0.1, -0.05) is 5.92 Å². The van der Waals surface area contributed by atoms with E-state index in [1.165, 1.54) is 24.1 Å². The molecule has 0 spiro atoms. The molecular weight excluding hydrogens is 186 g/mol. The van der Waals surface area contributed by atoms with Crippen LogP contribution in [0.5, 0.6) is 0 Å². The summed E-state index contributed by atoms with van der Waals surface area (Å²) >= 11 is 0. The Morgan fingerprint density at radius 1 is 1.33 bits per heavy atom. The lowest BCUT2D eigenvalue weighted by molar-refractivity contribution is 0.252. The Hall–Kier alpha value is -1.62. The van der Waals surface area contributed by atoms with Gasteiger partial charge in [-0.3, -0.25) is 4.57 Å². The van der Waals surface area contributed by atoms with Gasteiger partial charge in [-0.05, 0) is 31.2 Å². The number of terminal acetylenes is 1. The van der Waals surface area contributed by atoms with Gasteiger partial charge in [0.05, 0.1) is 0 Å². The van der Waals surface area contributed by atoms with E-state index in [1.54, 1.807) is 0 Å². The summed E-state index contributed by atoms with van der Waals surface area (Å²) in [6.07, 6.45) is 14.4. The minimum atomic E-state index is 0.730. The lowest BCUT2D eigenvalue weighted by Crippen LogP contribution is -2.14. The first kappa shape index (κ1) is 8.67. The number of fused-ring (bicyclic) bond motifs is 1. The monoisotopic (exact) mass is 199 g/mol. The molecule has 0 saturated carbocycles. The fourth-order valence-corrected chi connectivity index (χ4v) is 2.38. The number of nitrogens with zero attached hydrogens (tertiary/aromatic N) is 1. The second-order valence-electron chi connectivity index (χ2n) is 4.04. The Morgan fingerprint density at radius 3 is 2.80 bits per heavy atom. The van der Waals surface area contributed by atoms with Gasteiger partial charge in [0.2, 0.25) is 0 Å². The predicted molar refractivity (Wildman–Crippen MR) is 59.2 cm³/mol. The third-order valence-corrected chi connectivity index (χ3v) is 3.19. The van der Waals surface area contributed by atoms with Crippen molar-refractivity contribution in [2.24, 2.45) is 0 Å². The predicted octanol–water partition coefficient (Wildman–Crippen LogP) is 2.18. The highest BCUT2D eigenvalue weighted by atomic mass is 16.5. The molecule has 0 fully saturated rings. The SMILES string of the molecule is C#Cc1cn(C2=CCO2)c2c1CCCC2. The van der Waals surface area contributed by atoms with Crippen LogP contribution >= 0.6 is 0 Å². The zero-order chi connectivity index (χ0) is 10.3. The van der Waals surface area contributed by atoms with E-state index in [9.17, 15) is 0 Å². The Labute approximate surface area is 89.5 Å². The largest absolute Gasteiger partial charge is 0.474 e. The van der Waals surface area contributed by atoms with Crippen LogP contribution in [0.4, 0.5) is 0 Å². The smallest absolute Gasteiger partial charge is 0.197 e. The molecule has 0 atom stereocenters. The molecule has 1 aliphatic heterocycles. The van der Waals surface area contributed by atoms with E-state index in [4.69, 9.17) is 11.2 Å². The van der Waals surface area contributed by atoms with Crippen molar-refractivity contribution in [3.8, 4) is 12.3 Å². The van der Waals surface area contributed by atoms with Crippen molar-refractivity contribution in [2.75, 3.05) is 6.61 Å². The van der Waals surface area contributed by atoms with Gasteiger partial charge in [0, 0.05) is 23.5 Å². The lowest BCUT2D eigenvalue weighted by atomic mass is 9.95. The van der Waals surface area contributed by atoms with Crippen LogP contribution in [0.15, 0.2) is 12.3 Å². The van der Waals surface area contributed by atoms with Crippen LogP contribution in [0.1, 0.15) is 29.7 Å². The van der Waals surface area contributed by atoms with Crippen LogP contribution in [0.3, 0.4) is 0 Å². The summed E-state index contributed by atoms with van der Waals surface area (Å²) in [4.78, 5) is 0. The van der Waals surface area contributed by atoms with E-state index >= 15 is 0 Å². The minimum Gasteiger partial charge on any atom is -0.474 e. The van der Waals surface area contributed by atoms with Crippen LogP contribution in [0.25, 0.3) is 5.88 Å². The highest BCUT2D eigenvalue weighted by molar-refractivity contribution is 5.53. The number of ether oxygens (including phenoxy) is 1. The molecule has 1 aromatic rings. The first-order chi connectivity index (χ1) is 7.40. The number of aromatic nitrogens is 1. The fourth-order valence-electron chi connectivity index (χ4n) is 2.38. The zero-order valence-corrected chi connectivity index (χ0v) is 8.62. The number of hydrogen-bond acceptors (Lipinski definition) is 1. The fraction of sp³-hybridized carbons (Fsp3) is 0.385. The molecule has 2 nitrogen and oxygen atoms in total. The average Bonchev–Trinajstić information content (AvgIpc) is 2.55. The normalized spacial score (nSPS) is 18.2. The van der Waals surface area contributed by atoms with Crippen LogP contribution < -0.4 is 0 Å². The molecule has 1 aliphatic carbocycles. The summed E-state index contributed by atoms with van der Waals surface area (Å²) in [5.74, 6) is 3.73. The lowest BCUT2D eigenvalue weighted by Gasteiger charge is -2.21. The summed E-state index contributed by atoms with van der Waals surface area (Å²) in [7, 11) is 0. The molecule has 0 bridgehead atoms. The van der Waals surface area contributed by atoms with Gasteiger partial charge in [0.1, 0.15) is 6.61 Å². The van der Waals surface area contributed by atoms with Gasteiger partial charge in [-0.2, -0.15) is 0 Å². The van der Waals surface area contributed by atoms with Gasteiger partial charge in [-0.25, -0.2) is 0 Å². The van der Waals surface area contributed by atoms with Gasteiger partial charge in [0.15, 0.2) is 5.88 Å². The Kier molecular flexibility index (Phi) is 1.85. The first-order valence-corrected chi connectivity index (χ1v) is 5.43. The van der Waals surface area contributed by atoms with Gasteiger partial charge >= 0.3 is 0 Å². The summed E-state index contributed by atoms with van der Waals surface area (Å²) in [6.45, 7) is 0.730. The summed E-state index contributed by atoms with van der Waals surface area (Å²) < 4.78 is 7.53. The molecule has 0 saturated heterocycles. The maximum Gasteiger partial charge on any atom is 0.197 e. The van der Waals surface area contributed by atoms with Crippen molar-refractivity contribution in [3.05, 3.63) is 29.1 Å². The number of rotatable bonds is 1. The maximum absolute atomic E-state index is 5.52. The molecular formula is C13H13NO. The Bertz CT molecular complexity index is 473. The van der Waals surface area contributed by atoms with E-state index in [2.05, 4.69) is 16.6 Å². The molecule has 1 aromatic heterocycles. The Morgan fingerprint density at radius 2 is 2.13 bits per heavy atom. The summed E-state index contributed by atoms with van der Waals surface area (Å²) in [5.41, 5.74) is 3.77. The zero-order valence-electron chi connectivity index (χ0n) is 8.62. The van der Waals surface area contributed by atoms with Crippen molar-refractivity contribution in [3.63, 3.8) is 0 Å². The molecule has 0 radical (unpaired) electrons. The van der Waals surface area contributed by atoms with E-state index < -0.39 is 0 Å². The van der Waals surface area contributed by atoms with Crippen LogP contribution in [-0.2, 0) is 17.6 Å². The van der Waals surface area contributed by atoms with Crippen LogP contribution in [0, 0.1) is 12.3 Å². The minimum absolute atomic E-state index is 0.730. The molecule has 0 aromatic carbocycles. The molecule has 0 N–H and O–H groups in total. The average molecular weight is 199 g/mol. The molecule has 2 aliphatic rings. The van der Waals surface area contributed by atoms with E-state index in [1.807, 2.05) is 6.20 Å². The second-order valence-corrected chi connectivity index (χ2v) is 4.04. The van der Waals surface area contributed by atoms with Crippen molar-refractivity contribution in [1.82, 2.24) is 4.57 Å². The standard InChI is InChI=1S/C13H13NO/c1-2-10-9-14(13-7-8-15-13)12-6-4-3-5-11(10)12/h1,7,9H,3-6,8H2. The molecule has 3 rings (SSSR count). The van der Waals surface area contributed by atoms with Crippen molar-refractivity contribution >= 4 is 5.88 Å². The van der Waals surface area contributed by atoms with Gasteiger partial charge in [0.25, 0.3) is 0 Å². The topological polar surface area (TPSA) is 14.2 Å². The summed E-state index contributed by atoms with van der Waals surface area (Å²) in [5, 5.41) is 0. The third kappa shape index (κ3) is 1.20. The molecule has 15 heavy (non-hydrogen) atoms. The third-order valence-electron chi connectivity index (χ3n) is 3.19. The van der Waals surface area contributed by atoms with Crippen LogP contribution in [0.2, 0.25) is 0 Å². The molecule has 76 valence electrons. The molecule has 2 heterocycles. The molecule has 2 heteroatoms. The van der Waals surface area contributed by atoms with Crippen molar-refractivity contribution < 1.29 is 4.74 Å². The van der Waals surface area contributed by atoms with Crippen molar-refractivity contribution in [2.45, 2.75) is 25.7 Å². The van der Waals surface area contributed by atoms with E-state index in [0.29, 0.717) is 0 Å². The number of hydrogen-bond donors (Lipinski definition) is 0. The van der Waals surface area contributed by atoms with Gasteiger partial charge in [-0.15, -0.1) is 6.42 Å². The van der Waals surface area contributed by atoms with E-state index in [0.717, 1.165) is 30.9 Å². The second kappa shape index (κ2) is 3.20. The summed E-state index contributed by atoms with van der Waals surface area (Å²) in [6, 6.07) is 0. The maximum atomic E-state index is 5.52. The molecule has 0 unspecified atom stereocenters. The highest BCUT2D eigenvalue weighted by Crippen LogP contribution is 2.30. The first-order valence-electron chi connectivity index (χ1n) is 5.43. The van der Waals surface area contributed by atoms with E-state index in [-0.39, 0.29) is 0 Å². The highest BCUT2D eigenvalue weighted by Gasteiger charge is 2.21. The van der Waals surface area contributed by atoms with Crippen LogP contribution in [-0.4, -0.2) is 11.2 Å². The molecule has 0 amide bonds. The van der Waals surface area contributed by atoms with Crippen molar-refractivity contribution in [1.29, 1.82) is 0 Å². The van der Waals surface area contributed by atoms with Gasteiger partial charge < -0.3 is 4.74 Å².